The molecule has 3 N–H and O–H groups in total. The van der Waals surface area contributed by atoms with Gasteiger partial charge in [-0.05, 0) is 35.4 Å². The molecule has 1 saturated carbocycles. The number of likely N-dealkylation sites (tertiary alicyclic amines) is 1. The number of nitrogens with two attached hydrogens (primary N) is 1. The number of nitrogens with zero attached hydrogens (tertiary/aromatic N) is 1. The van der Waals surface area contributed by atoms with E-state index in [9.17, 15) is 9.59 Å². The van der Waals surface area contributed by atoms with Gasteiger partial charge in [-0.15, -0.1) is 0 Å². The lowest BCUT2D eigenvalue weighted by molar-refractivity contribution is -0.125. The predicted molar refractivity (Wildman–Crippen MR) is 108 cm³/mol. The van der Waals surface area contributed by atoms with Crippen LogP contribution in [0.5, 0.6) is 5.75 Å². The quantitative estimate of drug-likeness (QED) is 0.831. The van der Waals surface area contributed by atoms with E-state index in [0.29, 0.717) is 23.9 Å². The first-order valence-electron chi connectivity index (χ1n) is 9.97. The minimum absolute atomic E-state index is 0.00255. The summed E-state index contributed by atoms with van der Waals surface area (Å²) in [5.74, 6) is 0.727. The highest BCUT2D eigenvalue weighted by Crippen LogP contribution is 2.78. The van der Waals surface area contributed by atoms with Crippen LogP contribution in [-0.2, 0) is 4.79 Å². The topological polar surface area (TPSA) is 88.4 Å². The van der Waals surface area contributed by atoms with E-state index in [1.54, 1.807) is 18.1 Å². The van der Waals surface area contributed by atoms with Crippen LogP contribution in [0.1, 0.15) is 44.6 Å². The van der Waals surface area contributed by atoms with Crippen LogP contribution in [0.4, 0.5) is 0 Å². The van der Waals surface area contributed by atoms with Crippen LogP contribution in [0.2, 0.25) is 0 Å². The van der Waals surface area contributed by atoms with Crippen LogP contribution in [0.25, 0.3) is 10.9 Å². The van der Waals surface area contributed by atoms with Gasteiger partial charge in [0.25, 0.3) is 5.91 Å². The number of carbonyl (C=O) groups excluding carboxylic acids is 2. The van der Waals surface area contributed by atoms with Gasteiger partial charge in [-0.3, -0.25) is 9.59 Å². The molecule has 1 aromatic carbocycles. The van der Waals surface area contributed by atoms with Gasteiger partial charge < -0.3 is 20.4 Å². The number of benzene rings is 1. The average molecular weight is 383 g/mol. The van der Waals surface area contributed by atoms with Gasteiger partial charge in [-0.25, -0.2) is 0 Å². The number of methoxy groups -OCH3 is 1. The van der Waals surface area contributed by atoms with Gasteiger partial charge >= 0.3 is 0 Å². The number of amides is 2. The summed E-state index contributed by atoms with van der Waals surface area (Å²) in [5, 5.41) is 0.852. The molecule has 150 valence electrons. The fourth-order valence-corrected chi connectivity index (χ4v) is 6.17. The van der Waals surface area contributed by atoms with Crippen LogP contribution in [0, 0.1) is 22.7 Å². The maximum atomic E-state index is 13.4. The molecular formula is C22H29N3O3. The molecule has 2 amide bonds. The van der Waals surface area contributed by atoms with Gasteiger partial charge in [0.2, 0.25) is 5.91 Å². The van der Waals surface area contributed by atoms with E-state index < -0.39 is 11.9 Å². The van der Waals surface area contributed by atoms with E-state index in [0.717, 1.165) is 17.3 Å². The van der Waals surface area contributed by atoms with Crippen molar-refractivity contribution < 1.29 is 14.3 Å². The highest BCUT2D eigenvalue weighted by atomic mass is 16.5. The van der Waals surface area contributed by atoms with Gasteiger partial charge in [0.1, 0.15) is 17.5 Å². The first-order chi connectivity index (χ1) is 13.2. The smallest absolute Gasteiger partial charge is 0.271 e. The first-order valence-corrected chi connectivity index (χ1v) is 9.97. The largest absolute Gasteiger partial charge is 0.496 e. The zero-order chi connectivity index (χ0) is 20.4. The Balaban J connectivity index is 1.74. The second kappa shape index (κ2) is 6.00. The van der Waals surface area contributed by atoms with Crippen LogP contribution in [0.15, 0.2) is 24.3 Å². The molecule has 1 aliphatic heterocycles. The molecule has 1 aromatic heterocycles. The highest BCUT2D eigenvalue weighted by Gasteiger charge is 2.81. The molecule has 4 rings (SSSR count). The van der Waals surface area contributed by atoms with E-state index in [2.05, 4.69) is 32.7 Å². The van der Waals surface area contributed by atoms with E-state index >= 15 is 0 Å². The maximum Gasteiger partial charge on any atom is 0.271 e. The number of aromatic amines is 1. The number of hydrogen-bond donors (Lipinski definition) is 2. The second-order valence-electron chi connectivity index (χ2n) is 8.88. The third-order valence-corrected chi connectivity index (χ3v) is 7.66. The average Bonchev–Trinajstić information content (AvgIpc) is 3.08. The zero-order valence-corrected chi connectivity index (χ0v) is 17.2. The number of nitrogens with one attached hydrogen (secondary N) is 1. The molecular weight excluding hydrogens is 354 g/mol. The van der Waals surface area contributed by atoms with Crippen molar-refractivity contribution in [2.24, 2.45) is 28.4 Å². The minimum Gasteiger partial charge on any atom is -0.496 e. The van der Waals surface area contributed by atoms with Crippen LogP contribution in [-0.4, -0.2) is 41.4 Å². The Morgan fingerprint density at radius 1 is 1.39 bits per heavy atom. The van der Waals surface area contributed by atoms with E-state index in [1.807, 2.05) is 18.2 Å². The van der Waals surface area contributed by atoms with Crippen molar-refractivity contribution in [3.05, 3.63) is 30.0 Å². The number of ether oxygens (including phenoxy) is 1. The summed E-state index contributed by atoms with van der Waals surface area (Å²) in [6.07, 6.45) is 0.954. The summed E-state index contributed by atoms with van der Waals surface area (Å²) < 4.78 is 5.40. The Morgan fingerprint density at radius 2 is 2.11 bits per heavy atom. The molecule has 0 bridgehead atoms. The second-order valence-corrected chi connectivity index (χ2v) is 8.88. The standard InChI is InChI=1S/C22H29N3O3/c1-6-12(2)22-17(21(22,3)4)11-25(18(22)19(23)26)20(27)15-10-13-14(24-15)8-7-9-16(13)28-5/h7-10,12,17-18,24H,6,11H2,1-5H3,(H2,23,26). The molecule has 4 atom stereocenters. The molecule has 6 heteroatoms. The van der Waals surface area contributed by atoms with Crippen molar-refractivity contribution in [2.75, 3.05) is 13.7 Å². The highest BCUT2D eigenvalue weighted by molar-refractivity contribution is 6.02. The molecule has 4 unspecified atom stereocenters. The lowest BCUT2D eigenvalue weighted by atomic mass is 9.76. The number of primary amides is 1. The lowest BCUT2D eigenvalue weighted by Gasteiger charge is -2.37. The Kier molecular flexibility index (Phi) is 4.04. The summed E-state index contributed by atoms with van der Waals surface area (Å²) >= 11 is 0. The van der Waals surface area contributed by atoms with Gasteiger partial charge in [0.05, 0.1) is 7.11 Å². The number of carbonyl (C=O) groups is 2. The predicted octanol–water partition coefficient (Wildman–Crippen LogP) is 3.17. The Labute approximate surface area is 165 Å². The number of piperidine rings is 1. The fourth-order valence-electron chi connectivity index (χ4n) is 6.17. The van der Waals surface area contributed by atoms with E-state index in [1.165, 1.54) is 0 Å². The summed E-state index contributed by atoms with van der Waals surface area (Å²) in [6, 6.07) is 6.87. The molecule has 0 spiro atoms. The van der Waals surface area contributed by atoms with Gasteiger partial charge in [-0.2, -0.15) is 0 Å². The van der Waals surface area contributed by atoms with Crippen molar-refractivity contribution >= 4 is 22.7 Å². The SMILES string of the molecule is CCC(C)C12C(C(N)=O)N(C(=O)c3cc4c(OC)cccc4[nH]3)CC1C2(C)C. The Hall–Kier alpha value is -2.50. The first kappa shape index (κ1) is 18.8. The molecule has 1 saturated heterocycles. The van der Waals surface area contributed by atoms with Crippen LogP contribution < -0.4 is 10.5 Å². The Morgan fingerprint density at radius 3 is 2.71 bits per heavy atom. The van der Waals surface area contributed by atoms with Gasteiger partial charge in [0.15, 0.2) is 0 Å². The molecule has 2 aliphatic rings. The van der Waals surface area contributed by atoms with Gasteiger partial charge in [0, 0.05) is 22.9 Å². The lowest BCUT2D eigenvalue weighted by Crippen LogP contribution is -2.53. The van der Waals surface area contributed by atoms with Crippen molar-refractivity contribution in [3.63, 3.8) is 0 Å². The van der Waals surface area contributed by atoms with Crippen LogP contribution >= 0.6 is 0 Å². The minimum atomic E-state index is -0.580. The summed E-state index contributed by atoms with van der Waals surface area (Å²) in [4.78, 5) is 30.9. The summed E-state index contributed by atoms with van der Waals surface area (Å²) in [7, 11) is 1.61. The zero-order valence-electron chi connectivity index (χ0n) is 17.2. The molecule has 2 heterocycles. The maximum absolute atomic E-state index is 13.4. The molecule has 2 aromatic rings. The number of rotatable bonds is 5. The van der Waals surface area contributed by atoms with Crippen LogP contribution in [0.3, 0.4) is 0 Å². The van der Waals surface area contributed by atoms with Crippen molar-refractivity contribution in [1.82, 2.24) is 9.88 Å². The van der Waals surface area contributed by atoms with Crippen molar-refractivity contribution in [2.45, 2.75) is 40.2 Å². The number of H-pyrrole nitrogens is 1. The normalized spacial score (nSPS) is 28.8. The van der Waals surface area contributed by atoms with E-state index in [4.69, 9.17) is 10.5 Å². The van der Waals surface area contributed by atoms with Crippen molar-refractivity contribution in [3.8, 4) is 5.75 Å². The number of hydrogen-bond acceptors (Lipinski definition) is 3. The Bertz CT molecular complexity index is 963. The number of aromatic nitrogens is 1. The third kappa shape index (κ3) is 2.14. The van der Waals surface area contributed by atoms with Crippen molar-refractivity contribution in [1.29, 1.82) is 0 Å². The molecule has 2 fully saturated rings. The molecule has 28 heavy (non-hydrogen) atoms. The summed E-state index contributed by atoms with van der Waals surface area (Å²) in [6.45, 7) is 9.29. The third-order valence-electron chi connectivity index (χ3n) is 7.66. The van der Waals surface area contributed by atoms with E-state index in [-0.39, 0.29) is 22.7 Å². The monoisotopic (exact) mass is 383 g/mol. The molecule has 6 nitrogen and oxygen atoms in total. The summed E-state index contributed by atoms with van der Waals surface area (Å²) in [5.41, 5.74) is 6.93. The number of fused-ring (bicyclic) bond motifs is 2. The molecule has 1 aliphatic carbocycles. The molecule has 0 radical (unpaired) electrons. The van der Waals surface area contributed by atoms with Gasteiger partial charge in [-0.1, -0.05) is 40.2 Å². The fraction of sp³-hybridized carbons (Fsp3) is 0.545.